The molecule has 4 heteroatoms. The number of carbonyl (C=O) groups is 2. The van der Waals surface area contributed by atoms with Gasteiger partial charge < -0.3 is 9.64 Å². The second-order valence-corrected chi connectivity index (χ2v) is 8.36. The molecule has 150 valence electrons. The average Bonchev–Trinajstić information content (AvgIpc) is 2.73. The van der Waals surface area contributed by atoms with Gasteiger partial charge in [0.2, 0.25) is 5.91 Å². The summed E-state index contributed by atoms with van der Waals surface area (Å²) in [7, 11) is 0. The molecule has 2 aliphatic heterocycles. The lowest BCUT2D eigenvalue weighted by molar-refractivity contribution is -0.129. The first kappa shape index (κ1) is 19.4. The number of hydrogen-bond donors (Lipinski definition) is 0. The number of Topliss-reactive ketones (excluding diaryl/α,β-unsaturated/α-hetero) is 1. The van der Waals surface area contributed by atoms with Crippen LogP contribution < -0.4 is 4.74 Å². The minimum absolute atomic E-state index is 0.00956. The van der Waals surface area contributed by atoms with Gasteiger partial charge in [0.05, 0.1) is 12.0 Å². The van der Waals surface area contributed by atoms with E-state index in [4.69, 9.17) is 4.74 Å². The van der Waals surface area contributed by atoms with Gasteiger partial charge in [0.25, 0.3) is 0 Å². The first-order chi connectivity index (χ1) is 14.0. The number of piperidine rings is 1. The molecule has 2 aliphatic rings. The van der Waals surface area contributed by atoms with E-state index < -0.39 is 5.60 Å². The summed E-state index contributed by atoms with van der Waals surface area (Å²) in [5.41, 5.74) is 2.51. The van der Waals surface area contributed by atoms with Gasteiger partial charge in [-0.15, -0.1) is 0 Å². The number of hydrogen-bond acceptors (Lipinski definition) is 3. The third-order valence-electron chi connectivity index (χ3n) is 6.00. The van der Waals surface area contributed by atoms with Crippen molar-refractivity contribution in [1.29, 1.82) is 0 Å². The van der Waals surface area contributed by atoms with Crippen LogP contribution in [0.25, 0.3) is 6.08 Å². The number of ether oxygens (including phenoxy) is 1. The van der Waals surface area contributed by atoms with Crippen molar-refractivity contribution in [2.75, 3.05) is 13.1 Å². The number of likely N-dealkylation sites (tertiary alicyclic amines) is 1. The van der Waals surface area contributed by atoms with Crippen molar-refractivity contribution in [3.05, 3.63) is 71.3 Å². The van der Waals surface area contributed by atoms with Gasteiger partial charge in [-0.2, -0.15) is 0 Å². The highest BCUT2D eigenvalue weighted by atomic mass is 16.5. The molecule has 4 nitrogen and oxygen atoms in total. The van der Waals surface area contributed by atoms with Crippen LogP contribution in [-0.4, -0.2) is 35.3 Å². The Labute approximate surface area is 172 Å². The second-order valence-electron chi connectivity index (χ2n) is 8.36. The lowest BCUT2D eigenvalue weighted by atomic mass is 9.82. The molecule has 4 rings (SSSR count). The van der Waals surface area contributed by atoms with Crippen molar-refractivity contribution in [2.24, 2.45) is 0 Å². The van der Waals surface area contributed by atoms with Crippen LogP contribution in [0.1, 0.15) is 60.5 Å². The Kier molecular flexibility index (Phi) is 5.27. The summed E-state index contributed by atoms with van der Waals surface area (Å²) in [5.74, 6) is 1.32. The topological polar surface area (TPSA) is 46.6 Å². The first-order valence-electron chi connectivity index (χ1n) is 10.3. The maximum absolute atomic E-state index is 12.6. The van der Waals surface area contributed by atoms with Crippen LogP contribution in [0, 0.1) is 0 Å². The Morgan fingerprint density at radius 3 is 2.45 bits per heavy atom. The monoisotopic (exact) mass is 389 g/mol. The Morgan fingerprint density at radius 2 is 1.76 bits per heavy atom. The van der Waals surface area contributed by atoms with Crippen molar-refractivity contribution in [1.82, 2.24) is 4.90 Å². The van der Waals surface area contributed by atoms with E-state index in [1.807, 2.05) is 47.4 Å². The number of fused-ring (bicyclic) bond motifs is 1. The van der Waals surface area contributed by atoms with E-state index in [1.54, 1.807) is 6.08 Å². The molecule has 0 N–H and O–H groups in total. The molecule has 1 fully saturated rings. The molecule has 2 aromatic carbocycles. The standard InChI is InChI=1S/C25H27NO3/c1-18(2)20-10-7-19(8-11-20)9-12-24(28)26-15-13-25(14-16-26)17-22(27)21-5-3-4-6-23(21)29-25/h3-12,18H,13-17H2,1-2H3/b12-9+. The summed E-state index contributed by atoms with van der Waals surface area (Å²) in [4.78, 5) is 27.0. The fourth-order valence-electron chi connectivity index (χ4n) is 4.12. The molecule has 0 radical (unpaired) electrons. The Bertz CT molecular complexity index is 935. The predicted molar refractivity (Wildman–Crippen MR) is 114 cm³/mol. The lowest BCUT2D eigenvalue weighted by Gasteiger charge is -2.43. The molecule has 0 saturated carbocycles. The Balaban J connectivity index is 1.37. The SMILES string of the molecule is CC(C)c1ccc(/C=C/C(=O)N2CCC3(CC2)CC(=O)c2ccccc2O3)cc1. The number of nitrogens with zero attached hydrogens (tertiary/aromatic N) is 1. The highest BCUT2D eigenvalue weighted by molar-refractivity contribution is 6.00. The van der Waals surface area contributed by atoms with Gasteiger partial charge in [-0.25, -0.2) is 0 Å². The van der Waals surface area contributed by atoms with Gasteiger partial charge in [-0.05, 0) is 35.3 Å². The van der Waals surface area contributed by atoms with Crippen molar-refractivity contribution < 1.29 is 14.3 Å². The molecule has 2 heterocycles. The fourth-order valence-corrected chi connectivity index (χ4v) is 4.12. The van der Waals surface area contributed by atoms with Crippen LogP contribution in [0.4, 0.5) is 0 Å². The summed E-state index contributed by atoms with van der Waals surface area (Å²) in [6.07, 6.45) is 5.26. The highest BCUT2D eigenvalue weighted by Gasteiger charge is 2.43. The van der Waals surface area contributed by atoms with E-state index in [0.29, 0.717) is 49.6 Å². The van der Waals surface area contributed by atoms with Crippen molar-refractivity contribution in [3.8, 4) is 5.75 Å². The molecule has 1 amide bonds. The lowest BCUT2D eigenvalue weighted by Crippen LogP contribution is -2.52. The van der Waals surface area contributed by atoms with Gasteiger partial charge in [-0.3, -0.25) is 9.59 Å². The molecule has 0 aliphatic carbocycles. The normalized spacial score (nSPS) is 18.2. The van der Waals surface area contributed by atoms with E-state index >= 15 is 0 Å². The van der Waals surface area contributed by atoms with E-state index in [2.05, 4.69) is 26.0 Å². The van der Waals surface area contributed by atoms with Crippen LogP contribution in [0.5, 0.6) is 5.75 Å². The number of carbonyl (C=O) groups excluding carboxylic acids is 2. The van der Waals surface area contributed by atoms with Crippen LogP contribution in [0.15, 0.2) is 54.6 Å². The van der Waals surface area contributed by atoms with E-state index in [-0.39, 0.29) is 11.7 Å². The van der Waals surface area contributed by atoms with Gasteiger partial charge >= 0.3 is 0 Å². The quantitative estimate of drug-likeness (QED) is 0.705. The molecule has 1 spiro atoms. The minimum atomic E-state index is -0.474. The van der Waals surface area contributed by atoms with Crippen molar-refractivity contribution in [3.63, 3.8) is 0 Å². The molecule has 0 unspecified atom stereocenters. The van der Waals surface area contributed by atoms with Crippen molar-refractivity contribution >= 4 is 17.8 Å². The summed E-state index contributed by atoms with van der Waals surface area (Å²) in [6, 6.07) is 15.7. The zero-order chi connectivity index (χ0) is 20.4. The van der Waals surface area contributed by atoms with Gasteiger partial charge in [0, 0.05) is 32.0 Å². The van der Waals surface area contributed by atoms with Crippen LogP contribution in [0.3, 0.4) is 0 Å². The largest absolute Gasteiger partial charge is 0.486 e. The maximum atomic E-state index is 12.6. The minimum Gasteiger partial charge on any atom is -0.486 e. The number of ketones is 1. The molecule has 0 atom stereocenters. The molecule has 0 bridgehead atoms. The zero-order valence-corrected chi connectivity index (χ0v) is 17.1. The summed E-state index contributed by atoms with van der Waals surface area (Å²) < 4.78 is 6.24. The van der Waals surface area contributed by atoms with Crippen LogP contribution in [0.2, 0.25) is 0 Å². The molecular formula is C25H27NO3. The van der Waals surface area contributed by atoms with E-state index in [9.17, 15) is 9.59 Å². The molecule has 29 heavy (non-hydrogen) atoms. The zero-order valence-electron chi connectivity index (χ0n) is 17.1. The smallest absolute Gasteiger partial charge is 0.246 e. The predicted octanol–water partition coefficient (Wildman–Crippen LogP) is 4.85. The Hall–Kier alpha value is -2.88. The Morgan fingerprint density at radius 1 is 1.07 bits per heavy atom. The molecule has 1 saturated heterocycles. The third kappa shape index (κ3) is 4.12. The molecule has 0 aromatic heterocycles. The van der Waals surface area contributed by atoms with Gasteiger partial charge in [0.15, 0.2) is 5.78 Å². The number of benzene rings is 2. The maximum Gasteiger partial charge on any atom is 0.246 e. The van der Waals surface area contributed by atoms with Crippen molar-refractivity contribution in [2.45, 2.75) is 44.6 Å². The fraction of sp³-hybridized carbons (Fsp3) is 0.360. The second kappa shape index (κ2) is 7.86. The van der Waals surface area contributed by atoms with E-state index in [0.717, 1.165) is 5.56 Å². The third-order valence-corrected chi connectivity index (χ3v) is 6.00. The molecule has 2 aromatic rings. The number of amides is 1. The summed E-state index contributed by atoms with van der Waals surface area (Å²) in [6.45, 7) is 5.54. The number of para-hydroxylation sites is 1. The van der Waals surface area contributed by atoms with E-state index in [1.165, 1.54) is 5.56 Å². The summed E-state index contributed by atoms with van der Waals surface area (Å²) >= 11 is 0. The van der Waals surface area contributed by atoms with Gasteiger partial charge in [-0.1, -0.05) is 50.2 Å². The first-order valence-corrected chi connectivity index (χ1v) is 10.3. The average molecular weight is 389 g/mol. The highest BCUT2D eigenvalue weighted by Crippen LogP contribution is 2.39. The van der Waals surface area contributed by atoms with Crippen LogP contribution >= 0.6 is 0 Å². The summed E-state index contributed by atoms with van der Waals surface area (Å²) in [5, 5.41) is 0. The van der Waals surface area contributed by atoms with Crippen LogP contribution in [-0.2, 0) is 4.79 Å². The van der Waals surface area contributed by atoms with Gasteiger partial charge in [0.1, 0.15) is 11.4 Å². The molecular weight excluding hydrogens is 362 g/mol. The number of rotatable bonds is 3.